The maximum absolute atomic E-state index is 12.6. The summed E-state index contributed by atoms with van der Waals surface area (Å²) in [7, 11) is 0. The zero-order valence-corrected chi connectivity index (χ0v) is 8.45. The van der Waals surface area contributed by atoms with Crippen LogP contribution in [0.4, 0.5) is 8.78 Å². The van der Waals surface area contributed by atoms with Gasteiger partial charge in [0.05, 0.1) is 0 Å². The van der Waals surface area contributed by atoms with Crippen molar-refractivity contribution in [3.05, 3.63) is 77.4 Å². The monoisotopic (exact) mass is 215 g/mol. The molecule has 0 fully saturated rings. The van der Waals surface area contributed by atoms with Gasteiger partial charge in [0.15, 0.2) is 0 Å². The van der Waals surface area contributed by atoms with Crippen LogP contribution in [-0.4, -0.2) is 0 Å². The Kier molecular flexibility index (Phi) is 3.10. The second kappa shape index (κ2) is 4.71. The van der Waals surface area contributed by atoms with Gasteiger partial charge in [0.25, 0.3) is 0 Å². The molecule has 2 aromatic carbocycles. The predicted octanol–water partition coefficient (Wildman–Crippen LogP) is 3.83. The molecule has 2 aromatic rings. The molecule has 0 saturated carbocycles. The van der Waals surface area contributed by atoms with E-state index < -0.39 is 0 Å². The van der Waals surface area contributed by atoms with E-state index >= 15 is 0 Å². The van der Waals surface area contributed by atoms with Crippen LogP contribution in [0.25, 0.3) is 6.08 Å². The van der Waals surface area contributed by atoms with Crippen molar-refractivity contribution in [3.8, 4) is 0 Å². The van der Waals surface area contributed by atoms with Gasteiger partial charge in [0.1, 0.15) is 11.6 Å². The van der Waals surface area contributed by atoms with E-state index in [0.29, 0.717) is 0 Å². The number of hydrogen-bond acceptors (Lipinski definition) is 0. The second-order valence-electron chi connectivity index (χ2n) is 3.35. The molecule has 0 spiro atoms. The van der Waals surface area contributed by atoms with Crippen molar-refractivity contribution in [3.63, 3.8) is 0 Å². The summed E-state index contributed by atoms with van der Waals surface area (Å²) in [5, 5.41) is 0. The van der Waals surface area contributed by atoms with Crippen LogP contribution in [0, 0.1) is 17.7 Å². The van der Waals surface area contributed by atoms with Gasteiger partial charge in [0, 0.05) is 0 Å². The highest BCUT2D eigenvalue weighted by atomic mass is 19.1. The minimum atomic E-state index is -0.271. The van der Waals surface area contributed by atoms with Crippen LogP contribution in [0.15, 0.2) is 48.5 Å². The van der Waals surface area contributed by atoms with E-state index in [0.717, 1.165) is 11.1 Å². The average molecular weight is 215 g/mol. The molecule has 0 heterocycles. The Balaban J connectivity index is 2.15. The minimum absolute atomic E-state index is 0.265. The van der Waals surface area contributed by atoms with E-state index in [1.807, 2.05) is 0 Å². The maximum Gasteiger partial charge on any atom is 0.123 e. The third kappa shape index (κ3) is 2.76. The number of rotatable bonds is 2. The first-order valence-electron chi connectivity index (χ1n) is 4.85. The molecule has 2 rings (SSSR count). The molecule has 1 radical (unpaired) electrons. The molecule has 0 atom stereocenters. The molecule has 16 heavy (non-hydrogen) atoms. The standard InChI is InChI=1S/C14H9F2/c15-13-7-3-11(4-8-13)1-2-12-5-9-14(16)10-6-12/h1,3-10H. The molecule has 2 heteroatoms. The van der Waals surface area contributed by atoms with E-state index in [9.17, 15) is 8.78 Å². The van der Waals surface area contributed by atoms with E-state index in [4.69, 9.17) is 0 Å². The number of hydrogen-bond donors (Lipinski definition) is 0. The zero-order chi connectivity index (χ0) is 11.4. The molecule has 0 saturated heterocycles. The quantitative estimate of drug-likeness (QED) is 0.668. The summed E-state index contributed by atoms with van der Waals surface area (Å²) in [6, 6.07) is 12.1. The first kappa shape index (κ1) is 10.6. The Morgan fingerprint density at radius 2 is 1.25 bits per heavy atom. The summed E-state index contributed by atoms with van der Waals surface area (Å²) in [5.41, 5.74) is 1.64. The van der Waals surface area contributed by atoms with Crippen LogP contribution < -0.4 is 0 Å². The van der Waals surface area contributed by atoms with E-state index in [1.54, 1.807) is 30.3 Å². The van der Waals surface area contributed by atoms with Gasteiger partial charge in [-0.2, -0.15) is 0 Å². The normalized spacial score (nSPS) is 10.9. The third-order valence-electron chi connectivity index (χ3n) is 2.12. The van der Waals surface area contributed by atoms with Gasteiger partial charge in [0.2, 0.25) is 0 Å². The number of halogens is 2. The Morgan fingerprint density at radius 1 is 0.750 bits per heavy atom. The van der Waals surface area contributed by atoms with Gasteiger partial charge in [-0.25, -0.2) is 8.78 Å². The molecule has 0 aliphatic carbocycles. The minimum Gasteiger partial charge on any atom is -0.207 e. The van der Waals surface area contributed by atoms with Gasteiger partial charge in [-0.1, -0.05) is 24.3 Å². The van der Waals surface area contributed by atoms with Crippen molar-refractivity contribution in [1.82, 2.24) is 0 Å². The summed E-state index contributed by atoms with van der Waals surface area (Å²) >= 11 is 0. The Morgan fingerprint density at radius 3 is 1.81 bits per heavy atom. The van der Waals surface area contributed by atoms with Crippen molar-refractivity contribution in [1.29, 1.82) is 0 Å². The molecular formula is C14H9F2. The molecule has 0 N–H and O–H groups in total. The van der Waals surface area contributed by atoms with E-state index in [1.165, 1.54) is 24.3 Å². The van der Waals surface area contributed by atoms with Crippen molar-refractivity contribution in [2.75, 3.05) is 0 Å². The molecule has 0 aromatic heterocycles. The summed E-state index contributed by atoms with van der Waals surface area (Å²) in [4.78, 5) is 0. The van der Waals surface area contributed by atoms with Crippen LogP contribution in [0.5, 0.6) is 0 Å². The molecule has 0 unspecified atom stereocenters. The fourth-order valence-corrected chi connectivity index (χ4v) is 1.27. The van der Waals surface area contributed by atoms with Crippen molar-refractivity contribution in [2.24, 2.45) is 0 Å². The van der Waals surface area contributed by atoms with Gasteiger partial charge in [-0.15, -0.1) is 0 Å². The Labute approximate surface area is 92.9 Å². The summed E-state index contributed by atoms with van der Waals surface area (Å²) in [5.74, 6) is -0.536. The lowest BCUT2D eigenvalue weighted by Crippen LogP contribution is -1.77. The Hall–Kier alpha value is -1.96. The number of benzene rings is 2. The highest BCUT2D eigenvalue weighted by molar-refractivity contribution is 5.50. The van der Waals surface area contributed by atoms with Crippen molar-refractivity contribution >= 4 is 6.08 Å². The molecular weight excluding hydrogens is 206 g/mol. The average Bonchev–Trinajstić information content (AvgIpc) is 2.30. The lowest BCUT2D eigenvalue weighted by molar-refractivity contribution is 0.627. The predicted molar refractivity (Wildman–Crippen MR) is 59.6 cm³/mol. The second-order valence-corrected chi connectivity index (χ2v) is 3.35. The largest absolute Gasteiger partial charge is 0.207 e. The van der Waals surface area contributed by atoms with Crippen molar-refractivity contribution in [2.45, 2.75) is 0 Å². The molecule has 79 valence electrons. The van der Waals surface area contributed by atoms with E-state index in [-0.39, 0.29) is 11.6 Å². The smallest absolute Gasteiger partial charge is 0.123 e. The maximum atomic E-state index is 12.6. The Bertz CT molecular complexity index is 434. The van der Waals surface area contributed by atoms with Gasteiger partial charge < -0.3 is 0 Å². The van der Waals surface area contributed by atoms with Crippen LogP contribution in [0.1, 0.15) is 11.1 Å². The zero-order valence-electron chi connectivity index (χ0n) is 8.45. The van der Waals surface area contributed by atoms with Crippen molar-refractivity contribution < 1.29 is 8.78 Å². The molecule has 0 amide bonds. The molecule has 0 aliphatic heterocycles. The van der Waals surface area contributed by atoms with Crippen LogP contribution in [-0.2, 0) is 0 Å². The van der Waals surface area contributed by atoms with E-state index in [2.05, 4.69) is 6.08 Å². The SMILES string of the molecule is Fc1ccc([C]=Cc2ccc(F)cc2)cc1. The topological polar surface area (TPSA) is 0 Å². The first-order chi connectivity index (χ1) is 7.74. The summed E-state index contributed by atoms with van der Waals surface area (Å²) in [6.45, 7) is 0. The summed E-state index contributed by atoms with van der Waals surface area (Å²) in [6.07, 6.45) is 4.72. The third-order valence-corrected chi connectivity index (χ3v) is 2.12. The van der Waals surface area contributed by atoms with Crippen LogP contribution >= 0.6 is 0 Å². The molecule has 0 nitrogen and oxygen atoms in total. The highest BCUT2D eigenvalue weighted by Crippen LogP contribution is 2.08. The summed E-state index contributed by atoms with van der Waals surface area (Å²) < 4.78 is 25.2. The molecule has 0 bridgehead atoms. The molecule has 0 aliphatic rings. The highest BCUT2D eigenvalue weighted by Gasteiger charge is 1.91. The van der Waals surface area contributed by atoms with Gasteiger partial charge >= 0.3 is 0 Å². The van der Waals surface area contributed by atoms with Crippen LogP contribution in [0.3, 0.4) is 0 Å². The van der Waals surface area contributed by atoms with Crippen LogP contribution in [0.2, 0.25) is 0 Å². The first-order valence-corrected chi connectivity index (χ1v) is 4.85. The van der Waals surface area contributed by atoms with Gasteiger partial charge in [-0.05, 0) is 47.5 Å². The fourth-order valence-electron chi connectivity index (χ4n) is 1.27. The lowest BCUT2D eigenvalue weighted by atomic mass is 10.1. The lowest BCUT2D eigenvalue weighted by Gasteiger charge is -1.94. The van der Waals surface area contributed by atoms with Gasteiger partial charge in [-0.3, -0.25) is 0 Å². The fraction of sp³-hybridized carbons (Fsp3) is 0.